The molecule has 5 heteroatoms. The second-order valence-electron chi connectivity index (χ2n) is 4.12. The van der Waals surface area contributed by atoms with Gasteiger partial charge in [-0.3, -0.25) is 0 Å². The summed E-state index contributed by atoms with van der Waals surface area (Å²) < 4.78 is 11.0. The minimum Gasteiger partial charge on any atom is -0.423 e. The van der Waals surface area contributed by atoms with Crippen molar-refractivity contribution in [3.63, 3.8) is 0 Å². The first-order chi connectivity index (χ1) is 7.90. The first kappa shape index (κ1) is 11.5. The molecule has 90 valence electrons. The van der Waals surface area contributed by atoms with Gasteiger partial charge < -0.3 is 14.5 Å². The number of rotatable bonds is 5. The Hall–Kier alpha value is -0.940. The van der Waals surface area contributed by atoms with Crippen molar-refractivity contribution in [1.82, 2.24) is 15.5 Å². The van der Waals surface area contributed by atoms with E-state index in [1.54, 1.807) is 0 Å². The highest BCUT2D eigenvalue weighted by Crippen LogP contribution is 2.23. The third-order valence-electron chi connectivity index (χ3n) is 2.70. The van der Waals surface area contributed by atoms with E-state index < -0.39 is 0 Å². The van der Waals surface area contributed by atoms with Crippen LogP contribution in [0.5, 0.6) is 0 Å². The van der Waals surface area contributed by atoms with E-state index in [1.807, 2.05) is 0 Å². The number of hydrogen-bond donors (Lipinski definition) is 1. The van der Waals surface area contributed by atoms with Gasteiger partial charge in [-0.05, 0) is 25.8 Å². The Kier molecular flexibility index (Phi) is 4.30. The minimum absolute atomic E-state index is 0.293. The summed E-state index contributed by atoms with van der Waals surface area (Å²) in [6.07, 6.45) is 3.28. The van der Waals surface area contributed by atoms with Crippen molar-refractivity contribution < 1.29 is 9.15 Å². The summed E-state index contributed by atoms with van der Waals surface area (Å²) in [6, 6.07) is 0. The number of ether oxygens (including phenoxy) is 1. The standard InChI is InChI=1S/C11H19N3O2/c1-2-5-12-7-10-13-14-11(16-10)9-4-3-6-15-8-9/h9,12H,2-8H2,1H3. The molecule has 1 aromatic rings. The molecule has 0 aliphatic carbocycles. The van der Waals surface area contributed by atoms with Gasteiger partial charge in [-0.2, -0.15) is 0 Å². The van der Waals surface area contributed by atoms with Crippen molar-refractivity contribution in [2.24, 2.45) is 0 Å². The SMILES string of the molecule is CCCNCc1nnc(C2CCCOC2)o1. The van der Waals surface area contributed by atoms with Gasteiger partial charge in [0.2, 0.25) is 11.8 Å². The van der Waals surface area contributed by atoms with Crippen LogP contribution < -0.4 is 5.32 Å². The molecule has 0 spiro atoms. The Morgan fingerprint density at radius 1 is 1.44 bits per heavy atom. The topological polar surface area (TPSA) is 60.2 Å². The molecule has 1 aliphatic rings. The van der Waals surface area contributed by atoms with Crippen molar-refractivity contribution in [2.75, 3.05) is 19.8 Å². The average Bonchev–Trinajstić information content (AvgIpc) is 2.79. The fourth-order valence-corrected chi connectivity index (χ4v) is 1.81. The van der Waals surface area contributed by atoms with E-state index in [2.05, 4.69) is 22.4 Å². The maximum Gasteiger partial charge on any atom is 0.230 e. The molecule has 1 atom stereocenters. The van der Waals surface area contributed by atoms with Gasteiger partial charge in [0, 0.05) is 6.61 Å². The van der Waals surface area contributed by atoms with Crippen molar-refractivity contribution in [2.45, 2.75) is 38.6 Å². The molecule has 2 heterocycles. The second-order valence-corrected chi connectivity index (χ2v) is 4.12. The lowest BCUT2D eigenvalue weighted by Crippen LogP contribution is -2.15. The lowest BCUT2D eigenvalue weighted by atomic mass is 10.0. The Balaban J connectivity index is 1.85. The normalized spacial score (nSPS) is 21.2. The quantitative estimate of drug-likeness (QED) is 0.769. The molecule has 1 fully saturated rings. The molecule has 2 rings (SSSR count). The molecular weight excluding hydrogens is 206 g/mol. The van der Waals surface area contributed by atoms with E-state index >= 15 is 0 Å². The van der Waals surface area contributed by atoms with E-state index in [0.29, 0.717) is 25.0 Å². The molecule has 0 saturated carbocycles. The second kappa shape index (κ2) is 5.96. The third kappa shape index (κ3) is 3.02. The smallest absolute Gasteiger partial charge is 0.230 e. The summed E-state index contributed by atoms with van der Waals surface area (Å²) in [4.78, 5) is 0. The predicted octanol–water partition coefficient (Wildman–Crippen LogP) is 1.46. The Morgan fingerprint density at radius 2 is 2.38 bits per heavy atom. The van der Waals surface area contributed by atoms with Crippen LogP contribution in [0.3, 0.4) is 0 Å². The van der Waals surface area contributed by atoms with E-state index in [0.717, 1.165) is 38.3 Å². The van der Waals surface area contributed by atoms with Gasteiger partial charge in [0.05, 0.1) is 19.1 Å². The summed E-state index contributed by atoms with van der Waals surface area (Å²) in [5, 5.41) is 11.4. The maximum atomic E-state index is 5.60. The van der Waals surface area contributed by atoms with Gasteiger partial charge in [0.1, 0.15) is 0 Å². The van der Waals surface area contributed by atoms with Gasteiger partial charge >= 0.3 is 0 Å². The maximum absolute atomic E-state index is 5.60. The average molecular weight is 225 g/mol. The van der Waals surface area contributed by atoms with Crippen molar-refractivity contribution in [3.05, 3.63) is 11.8 Å². The van der Waals surface area contributed by atoms with Crippen LogP contribution in [0.4, 0.5) is 0 Å². The van der Waals surface area contributed by atoms with Crippen LogP contribution in [-0.2, 0) is 11.3 Å². The molecule has 5 nitrogen and oxygen atoms in total. The monoisotopic (exact) mass is 225 g/mol. The predicted molar refractivity (Wildman–Crippen MR) is 59.1 cm³/mol. The first-order valence-electron chi connectivity index (χ1n) is 6.01. The molecule has 1 aliphatic heterocycles. The molecule has 0 aromatic carbocycles. The zero-order chi connectivity index (χ0) is 11.2. The van der Waals surface area contributed by atoms with Crippen molar-refractivity contribution in [1.29, 1.82) is 0 Å². The van der Waals surface area contributed by atoms with Gasteiger partial charge in [-0.1, -0.05) is 6.92 Å². The van der Waals surface area contributed by atoms with Crippen LogP contribution in [0, 0.1) is 0 Å². The highest BCUT2D eigenvalue weighted by molar-refractivity contribution is 4.92. The van der Waals surface area contributed by atoms with Crippen LogP contribution >= 0.6 is 0 Å². The van der Waals surface area contributed by atoms with E-state index in [4.69, 9.17) is 9.15 Å². The third-order valence-corrected chi connectivity index (χ3v) is 2.70. The van der Waals surface area contributed by atoms with Gasteiger partial charge in [-0.15, -0.1) is 10.2 Å². The molecule has 1 saturated heterocycles. The molecule has 0 bridgehead atoms. The van der Waals surface area contributed by atoms with Gasteiger partial charge in [0.25, 0.3) is 0 Å². The lowest BCUT2D eigenvalue weighted by Gasteiger charge is -2.18. The number of aromatic nitrogens is 2. The zero-order valence-corrected chi connectivity index (χ0v) is 9.74. The summed E-state index contributed by atoms with van der Waals surface area (Å²) >= 11 is 0. The molecule has 0 radical (unpaired) electrons. The highest BCUT2D eigenvalue weighted by Gasteiger charge is 2.21. The fourth-order valence-electron chi connectivity index (χ4n) is 1.81. The molecule has 1 N–H and O–H groups in total. The first-order valence-corrected chi connectivity index (χ1v) is 6.01. The molecule has 16 heavy (non-hydrogen) atoms. The fraction of sp³-hybridized carbons (Fsp3) is 0.818. The van der Waals surface area contributed by atoms with E-state index in [-0.39, 0.29) is 0 Å². The molecule has 0 amide bonds. The van der Waals surface area contributed by atoms with Gasteiger partial charge in [0.15, 0.2) is 0 Å². The lowest BCUT2D eigenvalue weighted by molar-refractivity contribution is 0.0721. The number of nitrogens with one attached hydrogen (secondary N) is 1. The van der Waals surface area contributed by atoms with Crippen LogP contribution in [0.25, 0.3) is 0 Å². The van der Waals surface area contributed by atoms with Crippen LogP contribution in [0.15, 0.2) is 4.42 Å². The Morgan fingerprint density at radius 3 is 3.12 bits per heavy atom. The summed E-state index contributed by atoms with van der Waals surface area (Å²) in [7, 11) is 0. The summed E-state index contributed by atoms with van der Waals surface area (Å²) in [5.41, 5.74) is 0. The number of nitrogens with zero attached hydrogens (tertiary/aromatic N) is 2. The summed E-state index contributed by atoms with van der Waals surface area (Å²) in [5.74, 6) is 1.70. The van der Waals surface area contributed by atoms with Crippen LogP contribution in [0.1, 0.15) is 43.9 Å². The Bertz CT molecular complexity index is 308. The van der Waals surface area contributed by atoms with E-state index in [9.17, 15) is 0 Å². The van der Waals surface area contributed by atoms with Gasteiger partial charge in [-0.25, -0.2) is 0 Å². The highest BCUT2D eigenvalue weighted by atomic mass is 16.5. The molecular formula is C11H19N3O2. The number of hydrogen-bond acceptors (Lipinski definition) is 5. The van der Waals surface area contributed by atoms with E-state index in [1.165, 1.54) is 0 Å². The largest absolute Gasteiger partial charge is 0.423 e. The molecule has 1 unspecified atom stereocenters. The van der Waals surface area contributed by atoms with Crippen LogP contribution in [-0.4, -0.2) is 30.0 Å². The Labute approximate surface area is 95.6 Å². The minimum atomic E-state index is 0.293. The van der Waals surface area contributed by atoms with Crippen molar-refractivity contribution >= 4 is 0 Å². The van der Waals surface area contributed by atoms with Crippen molar-refractivity contribution in [3.8, 4) is 0 Å². The van der Waals surface area contributed by atoms with Crippen LogP contribution in [0.2, 0.25) is 0 Å². The molecule has 1 aromatic heterocycles. The zero-order valence-electron chi connectivity index (χ0n) is 9.74. The summed E-state index contributed by atoms with van der Waals surface area (Å²) in [6.45, 7) is 5.34.